The van der Waals surface area contributed by atoms with Crippen molar-refractivity contribution in [2.24, 2.45) is 15.9 Å². The third-order valence-electron chi connectivity index (χ3n) is 6.39. The molecule has 36 heavy (non-hydrogen) atoms. The van der Waals surface area contributed by atoms with Crippen molar-refractivity contribution in [1.29, 1.82) is 0 Å². The normalized spacial score (nSPS) is 15.9. The minimum absolute atomic E-state index is 0.194. The average Bonchev–Trinajstić information content (AvgIpc) is 3.34. The van der Waals surface area contributed by atoms with Gasteiger partial charge in [0, 0.05) is 5.39 Å². The number of para-hydroxylation sites is 2. The predicted octanol–water partition coefficient (Wildman–Crippen LogP) is 8.80. The van der Waals surface area contributed by atoms with E-state index in [1.54, 1.807) is 0 Å². The van der Waals surface area contributed by atoms with E-state index in [2.05, 4.69) is 90.9 Å². The van der Waals surface area contributed by atoms with Gasteiger partial charge in [-0.25, -0.2) is 9.98 Å². The molecule has 0 amide bonds. The minimum atomic E-state index is 0.194. The molecule has 0 spiro atoms. The van der Waals surface area contributed by atoms with Crippen LogP contribution in [0.3, 0.4) is 0 Å². The van der Waals surface area contributed by atoms with Crippen LogP contribution in [0.5, 0.6) is 0 Å². The Kier molecular flexibility index (Phi) is 10.4. The molecule has 1 aliphatic rings. The van der Waals surface area contributed by atoms with Crippen LogP contribution in [0.4, 0.5) is 5.69 Å². The van der Waals surface area contributed by atoms with Crippen LogP contribution in [0.25, 0.3) is 10.9 Å². The number of nitrogens with zero attached hydrogens (tertiary/aromatic N) is 3. The van der Waals surface area contributed by atoms with Crippen LogP contribution in [0, 0.1) is 5.92 Å². The van der Waals surface area contributed by atoms with Crippen molar-refractivity contribution < 1.29 is 17.9 Å². The van der Waals surface area contributed by atoms with Gasteiger partial charge in [0.25, 0.3) is 0 Å². The molecule has 0 bridgehead atoms. The molecule has 0 radical (unpaired) electrons. The van der Waals surface area contributed by atoms with Crippen LogP contribution in [-0.2, 0) is 17.9 Å². The Morgan fingerprint density at radius 3 is 2.11 bits per heavy atom. The topological polar surface area (TPSA) is 46.8 Å². The second kappa shape index (κ2) is 13.1. The second-order valence-corrected chi connectivity index (χ2v) is 11.8. The first-order valence-electron chi connectivity index (χ1n) is 12.3. The summed E-state index contributed by atoms with van der Waals surface area (Å²) in [5.41, 5.74) is 7.28. The van der Waals surface area contributed by atoms with Gasteiger partial charge in [-0.3, -0.25) is 4.99 Å². The molecule has 0 fully saturated rings. The molecule has 0 aliphatic carbocycles. The van der Waals surface area contributed by atoms with E-state index in [-0.39, 0.29) is 19.2 Å². The molecular formula is C29H35Cl2FeN3O. The molecule has 2 heterocycles. The molecule has 2 aromatic carbocycles. The fraction of sp³-hybridized carbons (Fsp3) is 0.414. The fourth-order valence-electron chi connectivity index (χ4n) is 4.27. The number of rotatable bonds is 6. The summed E-state index contributed by atoms with van der Waals surface area (Å²) >= 11 is 0.194. The van der Waals surface area contributed by atoms with Crippen molar-refractivity contribution in [2.75, 3.05) is 6.61 Å². The van der Waals surface area contributed by atoms with Crippen LogP contribution < -0.4 is 0 Å². The van der Waals surface area contributed by atoms with Gasteiger partial charge >= 0.3 is 33.3 Å². The zero-order valence-electron chi connectivity index (χ0n) is 22.0. The van der Waals surface area contributed by atoms with E-state index in [9.17, 15) is 0 Å². The third-order valence-corrected chi connectivity index (χ3v) is 6.39. The molecule has 1 aliphatic heterocycles. The van der Waals surface area contributed by atoms with Gasteiger partial charge in [-0.15, -0.1) is 0 Å². The molecule has 0 saturated carbocycles. The van der Waals surface area contributed by atoms with E-state index in [0.717, 1.165) is 33.6 Å². The maximum atomic E-state index is 5.98. The Morgan fingerprint density at radius 2 is 1.56 bits per heavy atom. The number of halogens is 2. The summed E-state index contributed by atoms with van der Waals surface area (Å²) in [5, 5.41) is 1.08. The summed E-state index contributed by atoms with van der Waals surface area (Å²) in [5.74, 6) is 1.95. The van der Waals surface area contributed by atoms with E-state index in [0.29, 0.717) is 30.3 Å². The number of benzene rings is 2. The zero-order chi connectivity index (χ0) is 26.4. The summed E-state index contributed by atoms with van der Waals surface area (Å²) in [6.45, 7) is 15.9. The molecule has 0 N–H and O–H groups in total. The van der Waals surface area contributed by atoms with Crippen molar-refractivity contribution in [3.63, 3.8) is 0 Å². The number of hydrogen-bond donors (Lipinski definition) is 0. The standard InChI is InChI=1S/C29H35N3O.2ClH.Fe/c1-17(2)22-11-9-12-23(18(3)4)28(22)30-20(7)25-15-14-21-10-8-13-24(27(21)31-25)29-32-26(16-33-29)19(5)6;;;/h8-15,17-19,26H,16H2,1-7H3;2*1H;/q;;;+2/p-2/t26-;;;/m1.../s1. The summed E-state index contributed by atoms with van der Waals surface area (Å²) < 4.78 is 5.98. The van der Waals surface area contributed by atoms with Gasteiger partial charge in [-0.05, 0) is 47.9 Å². The molecule has 1 aromatic heterocycles. The van der Waals surface area contributed by atoms with E-state index in [4.69, 9.17) is 39.9 Å². The van der Waals surface area contributed by atoms with E-state index in [1.165, 1.54) is 11.1 Å². The van der Waals surface area contributed by atoms with Gasteiger partial charge in [0.1, 0.15) is 6.61 Å². The molecule has 194 valence electrons. The molecule has 3 aromatic rings. The Labute approximate surface area is 230 Å². The molecule has 0 saturated heterocycles. The molecule has 4 rings (SSSR count). The van der Waals surface area contributed by atoms with Gasteiger partial charge < -0.3 is 4.74 Å². The molecule has 7 heteroatoms. The fourth-order valence-corrected chi connectivity index (χ4v) is 4.27. The molecule has 4 nitrogen and oxygen atoms in total. The first kappa shape index (κ1) is 28.7. The van der Waals surface area contributed by atoms with E-state index in [1.807, 2.05) is 6.07 Å². The van der Waals surface area contributed by atoms with Crippen molar-refractivity contribution in [1.82, 2.24) is 4.98 Å². The van der Waals surface area contributed by atoms with Gasteiger partial charge in [0.05, 0.1) is 34.2 Å². The number of aromatic nitrogens is 1. The van der Waals surface area contributed by atoms with Crippen LogP contribution in [-0.4, -0.2) is 29.2 Å². The van der Waals surface area contributed by atoms with Crippen LogP contribution >= 0.6 is 20.2 Å². The van der Waals surface area contributed by atoms with Crippen LogP contribution in [0.2, 0.25) is 0 Å². The predicted molar refractivity (Wildman–Crippen MR) is 151 cm³/mol. The molecule has 1 atom stereocenters. The van der Waals surface area contributed by atoms with E-state index < -0.39 is 0 Å². The maximum absolute atomic E-state index is 5.98. The molecular weight excluding hydrogens is 533 g/mol. The van der Waals surface area contributed by atoms with Crippen molar-refractivity contribution >= 4 is 48.4 Å². The SMILES string of the molecule is CC(=Nc1c(C(C)C)cccc1C(C)C)c1ccc2cccc(C3=N[C@@H](C(C)C)CO3)c2n1.[Cl][Fe][Cl]. The first-order chi connectivity index (χ1) is 17.2. The van der Waals surface area contributed by atoms with Crippen molar-refractivity contribution in [3.05, 3.63) is 70.9 Å². The summed E-state index contributed by atoms with van der Waals surface area (Å²) in [6, 6.07) is 17.1. The van der Waals surface area contributed by atoms with Crippen LogP contribution in [0.1, 0.15) is 82.7 Å². The summed E-state index contributed by atoms with van der Waals surface area (Å²) in [7, 11) is 9.53. The Hall–Kier alpha value is -1.91. The Balaban J connectivity index is 0.00000115. The van der Waals surface area contributed by atoms with E-state index >= 15 is 0 Å². The first-order valence-corrected chi connectivity index (χ1v) is 15.4. The van der Waals surface area contributed by atoms with Gasteiger partial charge in [0.2, 0.25) is 5.90 Å². The number of fused-ring (bicyclic) bond motifs is 1. The number of ether oxygens (including phenoxy) is 1. The van der Waals surface area contributed by atoms with Crippen LogP contribution in [0.15, 0.2) is 58.5 Å². The summed E-state index contributed by atoms with van der Waals surface area (Å²) in [6.07, 6.45) is 0. The summed E-state index contributed by atoms with van der Waals surface area (Å²) in [4.78, 5) is 15.0. The Bertz CT molecular complexity index is 1230. The zero-order valence-corrected chi connectivity index (χ0v) is 24.6. The number of hydrogen-bond acceptors (Lipinski definition) is 4. The van der Waals surface area contributed by atoms with Gasteiger partial charge in [-0.2, -0.15) is 0 Å². The van der Waals surface area contributed by atoms with Gasteiger partial charge in [0.15, 0.2) is 0 Å². The van der Waals surface area contributed by atoms with Gasteiger partial charge in [-0.1, -0.05) is 77.9 Å². The second-order valence-electron chi connectivity index (χ2n) is 9.97. The number of pyridine rings is 1. The average molecular weight is 568 g/mol. The quantitative estimate of drug-likeness (QED) is 0.220. The third kappa shape index (κ3) is 6.69. The Morgan fingerprint density at radius 1 is 0.944 bits per heavy atom. The number of aliphatic imine (C=N–C) groups is 2. The molecule has 0 unspecified atom stereocenters. The van der Waals surface area contributed by atoms with Crippen molar-refractivity contribution in [3.8, 4) is 0 Å². The monoisotopic (exact) mass is 567 g/mol. The van der Waals surface area contributed by atoms with Crippen molar-refractivity contribution in [2.45, 2.75) is 66.3 Å².